The van der Waals surface area contributed by atoms with E-state index in [-0.39, 0.29) is 0 Å². The van der Waals surface area contributed by atoms with Crippen molar-refractivity contribution in [2.24, 2.45) is 7.05 Å². The largest absolute Gasteiger partial charge is 0.494 e. The first kappa shape index (κ1) is 12.3. The second-order valence-corrected chi connectivity index (χ2v) is 3.93. The number of aryl methyl sites for hydroxylation is 2. The van der Waals surface area contributed by atoms with Gasteiger partial charge >= 0.3 is 0 Å². The van der Waals surface area contributed by atoms with Crippen molar-refractivity contribution in [2.75, 3.05) is 12.4 Å². The van der Waals surface area contributed by atoms with E-state index < -0.39 is 0 Å². The van der Waals surface area contributed by atoms with E-state index in [4.69, 9.17) is 4.74 Å². The molecule has 2 heterocycles. The monoisotopic (exact) mass is 247 g/mol. The van der Waals surface area contributed by atoms with E-state index in [1.807, 2.05) is 17.9 Å². The third kappa shape index (κ3) is 2.77. The number of hydrogen-bond donors (Lipinski definition) is 1. The molecule has 6 nitrogen and oxygen atoms in total. The highest BCUT2D eigenvalue weighted by Gasteiger charge is 2.06. The molecule has 0 bridgehead atoms. The minimum absolute atomic E-state index is 0.585. The van der Waals surface area contributed by atoms with Gasteiger partial charge in [0.05, 0.1) is 25.2 Å². The van der Waals surface area contributed by atoms with Crippen molar-refractivity contribution >= 4 is 5.95 Å². The maximum atomic E-state index is 5.01. The van der Waals surface area contributed by atoms with Crippen molar-refractivity contribution in [1.29, 1.82) is 0 Å². The Bertz CT molecular complexity index is 506. The molecule has 1 N–H and O–H groups in total. The van der Waals surface area contributed by atoms with E-state index >= 15 is 0 Å². The summed E-state index contributed by atoms with van der Waals surface area (Å²) in [6.07, 6.45) is 6.20. The van der Waals surface area contributed by atoms with E-state index in [0.717, 1.165) is 12.1 Å². The minimum atomic E-state index is 0.585. The average molecular weight is 247 g/mol. The fourth-order valence-corrected chi connectivity index (χ4v) is 1.72. The molecule has 18 heavy (non-hydrogen) atoms. The van der Waals surface area contributed by atoms with Crippen LogP contribution in [0.15, 0.2) is 18.6 Å². The third-order valence-corrected chi connectivity index (χ3v) is 2.63. The zero-order valence-electron chi connectivity index (χ0n) is 10.8. The SMILES string of the molecule is CCc1nn(C)cc1CNc1ncc(OC)cn1. The molecule has 0 fully saturated rings. The summed E-state index contributed by atoms with van der Waals surface area (Å²) in [5, 5.41) is 7.55. The second kappa shape index (κ2) is 5.48. The maximum Gasteiger partial charge on any atom is 0.223 e. The lowest BCUT2D eigenvalue weighted by Crippen LogP contribution is -2.04. The van der Waals surface area contributed by atoms with Gasteiger partial charge < -0.3 is 10.1 Å². The fraction of sp³-hybridized carbons (Fsp3) is 0.417. The number of nitrogens with zero attached hydrogens (tertiary/aromatic N) is 4. The van der Waals surface area contributed by atoms with Gasteiger partial charge in [-0.1, -0.05) is 6.92 Å². The predicted molar refractivity (Wildman–Crippen MR) is 68.5 cm³/mol. The molecule has 0 saturated carbocycles. The average Bonchev–Trinajstić information content (AvgIpc) is 2.77. The molecule has 2 aromatic rings. The summed E-state index contributed by atoms with van der Waals surface area (Å²) < 4.78 is 6.83. The summed E-state index contributed by atoms with van der Waals surface area (Å²) in [5.74, 6) is 1.23. The zero-order valence-corrected chi connectivity index (χ0v) is 10.8. The van der Waals surface area contributed by atoms with Gasteiger partial charge in [-0.15, -0.1) is 0 Å². The Morgan fingerprint density at radius 2 is 2.06 bits per heavy atom. The van der Waals surface area contributed by atoms with Gasteiger partial charge in [-0.3, -0.25) is 4.68 Å². The Morgan fingerprint density at radius 1 is 1.33 bits per heavy atom. The van der Waals surface area contributed by atoms with Crippen LogP contribution in [0.4, 0.5) is 5.95 Å². The molecule has 0 aliphatic heterocycles. The van der Waals surface area contributed by atoms with Crippen LogP contribution in [0, 0.1) is 0 Å². The maximum absolute atomic E-state index is 5.01. The molecular weight excluding hydrogens is 230 g/mol. The van der Waals surface area contributed by atoms with Crippen LogP contribution in [0.25, 0.3) is 0 Å². The van der Waals surface area contributed by atoms with Crippen molar-refractivity contribution in [3.8, 4) is 5.75 Å². The molecule has 0 atom stereocenters. The molecule has 96 valence electrons. The Balaban J connectivity index is 2.01. The van der Waals surface area contributed by atoms with Crippen LogP contribution in [-0.4, -0.2) is 26.9 Å². The number of aromatic nitrogens is 4. The quantitative estimate of drug-likeness (QED) is 0.865. The molecule has 0 radical (unpaired) electrons. The van der Waals surface area contributed by atoms with Crippen LogP contribution in [0.3, 0.4) is 0 Å². The molecule has 0 amide bonds. The summed E-state index contributed by atoms with van der Waals surface area (Å²) in [7, 11) is 3.52. The molecule has 2 aromatic heterocycles. The summed E-state index contributed by atoms with van der Waals surface area (Å²) in [4.78, 5) is 8.30. The van der Waals surface area contributed by atoms with Crippen molar-refractivity contribution in [1.82, 2.24) is 19.7 Å². The standard InChI is InChI=1S/C12H17N5O/c1-4-11-9(8-17(2)16-11)5-13-12-14-6-10(18-3)7-15-12/h6-8H,4-5H2,1-3H3,(H,13,14,15). The van der Waals surface area contributed by atoms with Gasteiger partial charge in [0.2, 0.25) is 5.95 Å². The van der Waals surface area contributed by atoms with E-state index in [0.29, 0.717) is 18.2 Å². The molecule has 0 unspecified atom stereocenters. The number of hydrogen-bond acceptors (Lipinski definition) is 5. The van der Waals surface area contributed by atoms with Crippen LogP contribution < -0.4 is 10.1 Å². The van der Waals surface area contributed by atoms with Gasteiger partial charge in [-0.25, -0.2) is 9.97 Å². The molecule has 6 heteroatoms. The van der Waals surface area contributed by atoms with Crippen LogP contribution in [-0.2, 0) is 20.0 Å². The predicted octanol–water partition coefficient (Wildman–Crippen LogP) is 1.39. The number of anilines is 1. The van der Waals surface area contributed by atoms with Crippen LogP contribution in [0.5, 0.6) is 5.75 Å². The van der Waals surface area contributed by atoms with Crippen molar-refractivity contribution in [3.05, 3.63) is 29.8 Å². The topological polar surface area (TPSA) is 64.9 Å². The highest BCUT2D eigenvalue weighted by Crippen LogP contribution is 2.11. The highest BCUT2D eigenvalue weighted by atomic mass is 16.5. The van der Waals surface area contributed by atoms with Crippen LogP contribution >= 0.6 is 0 Å². The molecule has 0 spiro atoms. The normalized spacial score (nSPS) is 10.4. The van der Waals surface area contributed by atoms with E-state index in [1.165, 1.54) is 5.56 Å². The summed E-state index contributed by atoms with van der Waals surface area (Å²) >= 11 is 0. The second-order valence-electron chi connectivity index (χ2n) is 3.93. The van der Waals surface area contributed by atoms with E-state index in [1.54, 1.807) is 19.5 Å². The Morgan fingerprint density at radius 3 is 2.67 bits per heavy atom. The summed E-state index contributed by atoms with van der Waals surface area (Å²) in [6.45, 7) is 2.76. The van der Waals surface area contributed by atoms with Gasteiger partial charge in [0, 0.05) is 25.4 Å². The molecule has 2 rings (SSSR count). The van der Waals surface area contributed by atoms with Gasteiger partial charge in [0.25, 0.3) is 0 Å². The lowest BCUT2D eigenvalue weighted by Gasteiger charge is -2.04. The molecule has 0 aliphatic carbocycles. The number of nitrogens with one attached hydrogen (secondary N) is 1. The fourth-order valence-electron chi connectivity index (χ4n) is 1.72. The summed E-state index contributed by atoms with van der Waals surface area (Å²) in [5.41, 5.74) is 2.26. The minimum Gasteiger partial charge on any atom is -0.494 e. The number of rotatable bonds is 5. The van der Waals surface area contributed by atoms with Crippen LogP contribution in [0.1, 0.15) is 18.2 Å². The molecule has 0 saturated heterocycles. The van der Waals surface area contributed by atoms with Crippen molar-refractivity contribution in [3.63, 3.8) is 0 Å². The van der Waals surface area contributed by atoms with Crippen molar-refractivity contribution in [2.45, 2.75) is 19.9 Å². The Labute approximate surface area is 106 Å². The summed E-state index contributed by atoms with van der Waals surface area (Å²) in [6, 6.07) is 0. The van der Waals surface area contributed by atoms with E-state index in [9.17, 15) is 0 Å². The Kier molecular flexibility index (Phi) is 3.76. The third-order valence-electron chi connectivity index (χ3n) is 2.63. The smallest absolute Gasteiger partial charge is 0.223 e. The molecule has 0 aromatic carbocycles. The Hall–Kier alpha value is -2.11. The van der Waals surface area contributed by atoms with Gasteiger partial charge in [-0.05, 0) is 6.42 Å². The first-order valence-electron chi connectivity index (χ1n) is 5.84. The first-order valence-corrected chi connectivity index (χ1v) is 5.84. The zero-order chi connectivity index (χ0) is 13.0. The van der Waals surface area contributed by atoms with Gasteiger partial charge in [0.15, 0.2) is 5.75 Å². The lowest BCUT2D eigenvalue weighted by atomic mass is 10.2. The first-order chi connectivity index (χ1) is 8.72. The van der Waals surface area contributed by atoms with Crippen molar-refractivity contribution < 1.29 is 4.74 Å². The number of methoxy groups -OCH3 is 1. The molecular formula is C12H17N5O. The lowest BCUT2D eigenvalue weighted by molar-refractivity contribution is 0.411. The van der Waals surface area contributed by atoms with Gasteiger partial charge in [0.1, 0.15) is 0 Å². The number of ether oxygens (including phenoxy) is 1. The van der Waals surface area contributed by atoms with E-state index in [2.05, 4.69) is 27.3 Å². The molecule has 0 aliphatic rings. The van der Waals surface area contributed by atoms with Gasteiger partial charge in [-0.2, -0.15) is 5.10 Å². The van der Waals surface area contributed by atoms with Crippen LogP contribution in [0.2, 0.25) is 0 Å². The highest BCUT2D eigenvalue weighted by molar-refractivity contribution is 5.30.